The van der Waals surface area contributed by atoms with Gasteiger partial charge in [-0.25, -0.2) is 4.79 Å². The van der Waals surface area contributed by atoms with Crippen molar-refractivity contribution in [3.05, 3.63) is 102 Å². The number of nitrogens with one attached hydrogen (secondary N) is 1. The fourth-order valence-electron chi connectivity index (χ4n) is 2.83. The molecule has 6 nitrogen and oxygen atoms in total. The lowest BCUT2D eigenvalue weighted by molar-refractivity contribution is -0.119. The van der Waals surface area contributed by atoms with Crippen molar-refractivity contribution in [3.8, 4) is 5.75 Å². The molecular weight excluding hydrogens is 380 g/mol. The molecule has 0 heterocycles. The Kier molecular flexibility index (Phi) is 7.44. The molecule has 1 atom stereocenters. The van der Waals surface area contributed by atoms with Crippen molar-refractivity contribution < 1.29 is 19.1 Å². The Labute approximate surface area is 175 Å². The molecule has 0 saturated heterocycles. The molecule has 154 valence electrons. The first-order valence-electron chi connectivity index (χ1n) is 9.62. The first-order valence-corrected chi connectivity index (χ1v) is 9.62. The van der Waals surface area contributed by atoms with Gasteiger partial charge in [-0.1, -0.05) is 72.8 Å². The van der Waals surface area contributed by atoms with Crippen LogP contribution < -0.4 is 15.8 Å². The summed E-state index contributed by atoms with van der Waals surface area (Å²) in [5.74, 6) is 0.0875. The van der Waals surface area contributed by atoms with Crippen LogP contribution in [0.2, 0.25) is 0 Å². The molecule has 3 aromatic rings. The predicted octanol–water partition coefficient (Wildman–Crippen LogP) is 3.59. The molecule has 0 radical (unpaired) electrons. The number of primary amides is 1. The van der Waals surface area contributed by atoms with Crippen LogP contribution in [0.5, 0.6) is 5.75 Å². The first-order chi connectivity index (χ1) is 14.6. The van der Waals surface area contributed by atoms with Crippen LogP contribution in [-0.4, -0.2) is 18.0 Å². The Morgan fingerprint density at radius 1 is 0.767 bits per heavy atom. The van der Waals surface area contributed by atoms with Gasteiger partial charge in [0, 0.05) is 6.42 Å². The third-order valence-corrected chi connectivity index (χ3v) is 4.46. The fraction of sp³-hybridized carbons (Fsp3) is 0.167. The largest absolute Gasteiger partial charge is 0.489 e. The van der Waals surface area contributed by atoms with Gasteiger partial charge in [0.25, 0.3) is 0 Å². The minimum absolute atomic E-state index is 0.117. The van der Waals surface area contributed by atoms with Crippen molar-refractivity contribution in [2.75, 3.05) is 0 Å². The van der Waals surface area contributed by atoms with Crippen molar-refractivity contribution in [2.45, 2.75) is 25.7 Å². The maximum atomic E-state index is 12.0. The van der Waals surface area contributed by atoms with Gasteiger partial charge in [0.15, 0.2) is 0 Å². The highest BCUT2D eigenvalue weighted by molar-refractivity contribution is 5.84. The molecule has 6 heteroatoms. The number of rotatable bonds is 9. The predicted molar refractivity (Wildman–Crippen MR) is 114 cm³/mol. The van der Waals surface area contributed by atoms with Crippen molar-refractivity contribution in [1.82, 2.24) is 5.32 Å². The minimum atomic E-state index is -0.871. The molecule has 0 aliphatic rings. The summed E-state index contributed by atoms with van der Waals surface area (Å²) in [7, 11) is 0. The van der Waals surface area contributed by atoms with Crippen molar-refractivity contribution in [1.29, 1.82) is 0 Å². The second kappa shape index (κ2) is 10.7. The molecule has 3 aromatic carbocycles. The molecule has 2 amide bonds. The molecule has 0 aliphatic carbocycles. The Balaban J connectivity index is 1.50. The minimum Gasteiger partial charge on any atom is -0.489 e. The molecule has 0 aromatic heterocycles. The molecular formula is C24H24N2O4. The first kappa shape index (κ1) is 20.9. The smallest absolute Gasteiger partial charge is 0.408 e. The molecule has 0 fully saturated rings. The zero-order valence-corrected chi connectivity index (χ0v) is 16.5. The van der Waals surface area contributed by atoms with E-state index in [1.54, 1.807) is 0 Å². The van der Waals surface area contributed by atoms with Crippen LogP contribution in [0, 0.1) is 0 Å². The summed E-state index contributed by atoms with van der Waals surface area (Å²) in [6.07, 6.45) is -0.431. The number of alkyl carbamates (subject to hydrolysis) is 1. The van der Waals surface area contributed by atoms with Crippen LogP contribution in [0.4, 0.5) is 4.79 Å². The standard InChI is InChI=1S/C24H24N2O4/c25-23(27)22(26-24(28)30-17-20-9-5-2-6-10-20)15-18-11-13-21(14-12-18)29-16-19-7-3-1-4-8-19/h1-14,22H,15-17H2,(H2,25,27)(H,26,28)/t22-/m1/s1. The number of hydrogen-bond acceptors (Lipinski definition) is 4. The lowest BCUT2D eigenvalue weighted by atomic mass is 10.1. The highest BCUT2D eigenvalue weighted by Gasteiger charge is 2.19. The molecule has 3 rings (SSSR count). The summed E-state index contributed by atoms with van der Waals surface area (Å²) in [4.78, 5) is 23.8. The van der Waals surface area contributed by atoms with Gasteiger partial charge in [-0.05, 0) is 28.8 Å². The van der Waals surface area contributed by atoms with E-state index in [1.807, 2.05) is 84.9 Å². The highest BCUT2D eigenvalue weighted by Crippen LogP contribution is 2.15. The van der Waals surface area contributed by atoms with Crippen LogP contribution in [0.25, 0.3) is 0 Å². The average molecular weight is 404 g/mol. The number of benzene rings is 3. The van der Waals surface area contributed by atoms with Crippen molar-refractivity contribution >= 4 is 12.0 Å². The quantitative estimate of drug-likeness (QED) is 0.570. The summed E-state index contributed by atoms with van der Waals surface area (Å²) in [5, 5.41) is 2.53. The zero-order chi connectivity index (χ0) is 21.2. The lowest BCUT2D eigenvalue weighted by Crippen LogP contribution is -2.46. The Bertz CT molecular complexity index is 944. The summed E-state index contributed by atoms with van der Waals surface area (Å²) in [6.45, 7) is 0.588. The van der Waals surface area contributed by atoms with E-state index >= 15 is 0 Å². The Morgan fingerprint density at radius 3 is 1.90 bits per heavy atom. The SMILES string of the molecule is NC(=O)[C@@H](Cc1ccc(OCc2ccccc2)cc1)NC(=O)OCc1ccccc1. The lowest BCUT2D eigenvalue weighted by Gasteiger charge is -2.16. The van der Waals surface area contributed by atoms with E-state index in [0.29, 0.717) is 12.4 Å². The highest BCUT2D eigenvalue weighted by atomic mass is 16.5. The molecule has 0 spiro atoms. The van der Waals surface area contributed by atoms with E-state index in [-0.39, 0.29) is 13.0 Å². The van der Waals surface area contributed by atoms with Crippen LogP contribution in [0.1, 0.15) is 16.7 Å². The molecule has 30 heavy (non-hydrogen) atoms. The van der Waals surface area contributed by atoms with Gasteiger partial charge in [0.1, 0.15) is 25.0 Å². The Hall–Kier alpha value is -3.80. The monoisotopic (exact) mass is 404 g/mol. The summed E-state index contributed by atoms with van der Waals surface area (Å²) < 4.78 is 10.9. The van der Waals surface area contributed by atoms with Crippen LogP contribution in [0.3, 0.4) is 0 Å². The van der Waals surface area contributed by atoms with E-state index in [9.17, 15) is 9.59 Å². The van der Waals surface area contributed by atoms with E-state index in [0.717, 1.165) is 16.7 Å². The maximum Gasteiger partial charge on any atom is 0.408 e. The number of carbonyl (C=O) groups excluding carboxylic acids is 2. The van der Waals surface area contributed by atoms with E-state index in [4.69, 9.17) is 15.2 Å². The van der Waals surface area contributed by atoms with Crippen LogP contribution in [0.15, 0.2) is 84.9 Å². The molecule has 0 saturated carbocycles. The van der Waals surface area contributed by atoms with Gasteiger partial charge >= 0.3 is 6.09 Å². The van der Waals surface area contributed by atoms with Gasteiger partial charge < -0.3 is 20.5 Å². The van der Waals surface area contributed by atoms with Gasteiger partial charge in [-0.15, -0.1) is 0 Å². The van der Waals surface area contributed by atoms with Gasteiger partial charge in [0.2, 0.25) is 5.91 Å². The van der Waals surface area contributed by atoms with Crippen molar-refractivity contribution in [2.24, 2.45) is 5.73 Å². The second-order valence-corrected chi connectivity index (χ2v) is 6.78. The van der Waals surface area contributed by atoms with Gasteiger partial charge in [0.05, 0.1) is 0 Å². The van der Waals surface area contributed by atoms with E-state index < -0.39 is 18.0 Å². The zero-order valence-electron chi connectivity index (χ0n) is 16.5. The number of nitrogens with two attached hydrogens (primary N) is 1. The molecule has 0 bridgehead atoms. The molecule has 0 unspecified atom stereocenters. The van der Waals surface area contributed by atoms with E-state index in [1.165, 1.54) is 0 Å². The van der Waals surface area contributed by atoms with E-state index in [2.05, 4.69) is 5.32 Å². The third-order valence-electron chi connectivity index (χ3n) is 4.46. The van der Waals surface area contributed by atoms with Gasteiger partial charge in [-0.2, -0.15) is 0 Å². The summed E-state index contributed by atoms with van der Waals surface area (Å²) >= 11 is 0. The fourth-order valence-corrected chi connectivity index (χ4v) is 2.83. The van der Waals surface area contributed by atoms with Gasteiger partial charge in [-0.3, -0.25) is 4.79 Å². The van der Waals surface area contributed by atoms with Crippen LogP contribution >= 0.6 is 0 Å². The Morgan fingerprint density at radius 2 is 1.33 bits per heavy atom. The topological polar surface area (TPSA) is 90.7 Å². The number of carbonyl (C=O) groups is 2. The maximum absolute atomic E-state index is 12.0. The molecule has 3 N–H and O–H groups in total. The number of hydrogen-bond donors (Lipinski definition) is 2. The van der Waals surface area contributed by atoms with Crippen LogP contribution in [-0.2, 0) is 29.2 Å². The second-order valence-electron chi connectivity index (χ2n) is 6.78. The average Bonchev–Trinajstić information content (AvgIpc) is 2.78. The molecule has 0 aliphatic heterocycles. The summed E-state index contributed by atoms with van der Waals surface area (Å²) in [5.41, 5.74) is 8.22. The number of amides is 2. The van der Waals surface area contributed by atoms with Crippen molar-refractivity contribution in [3.63, 3.8) is 0 Å². The summed E-state index contributed by atoms with van der Waals surface area (Å²) in [6, 6.07) is 25.6. The normalized spacial score (nSPS) is 11.3. The number of ether oxygens (including phenoxy) is 2. The third kappa shape index (κ3) is 6.67.